The van der Waals surface area contributed by atoms with Crippen molar-refractivity contribution >= 4 is 32.5 Å². The second-order valence-electron chi connectivity index (χ2n) is 5.69. The van der Waals surface area contributed by atoms with Gasteiger partial charge in [0.2, 0.25) is 0 Å². The zero-order valence-electron chi connectivity index (χ0n) is 10.6. The molecule has 0 saturated carbocycles. The number of benzene rings is 1. The smallest absolute Gasteiger partial charge is 0.0536 e. The van der Waals surface area contributed by atoms with Crippen molar-refractivity contribution in [3.63, 3.8) is 0 Å². The van der Waals surface area contributed by atoms with Crippen molar-refractivity contribution < 1.29 is 0 Å². The van der Waals surface area contributed by atoms with Gasteiger partial charge >= 0.3 is 0 Å². The van der Waals surface area contributed by atoms with E-state index in [1.165, 1.54) is 10.9 Å². The lowest BCUT2D eigenvalue weighted by Crippen LogP contribution is -2.08. The predicted molar refractivity (Wildman–Crippen MR) is 79.0 cm³/mol. The SMILES string of the molecule is C=C(CC(C)(C)C)n1ccc2ccc(Br)cc21. The monoisotopic (exact) mass is 291 g/mol. The van der Waals surface area contributed by atoms with Gasteiger partial charge in [-0.2, -0.15) is 0 Å². The molecule has 2 heteroatoms. The highest BCUT2D eigenvalue weighted by atomic mass is 79.9. The van der Waals surface area contributed by atoms with Gasteiger partial charge in [-0.1, -0.05) is 49.3 Å². The number of fused-ring (bicyclic) bond motifs is 1. The highest BCUT2D eigenvalue weighted by molar-refractivity contribution is 9.10. The first-order chi connectivity index (χ1) is 7.87. The molecule has 0 fully saturated rings. The van der Waals surface area contributed by atoms with Gasteiger partial charge in [0.25, 0.3) is 0 Å². The van der Waals surface area contributed by atoms with Crippen LogP contribution in [0.4, 0.5) is 0 Å². The normalized spacial score (nSPS) is 12.0. The largest absolute Gasteiger partial charge is 0.321 e. The Morgan fingerprint density at radius 3 is 2.65 bits per heavy atom. The summed E-state index contributed by atoms with van der Waals surface area (Å²) in [4.78, 5) is 0. The molecule has 1 aromatic carbocycles. The van der Waals surface area contributed by atoms with Gasteiger partial charge < -0.3 is 4.57 Å². The van der Waals surface area contributed by atoms with Crippen molar-refractivity contribution in [3.8, 4) is 0 Å². The highest BCUT2D eigenvalue weighted by Crippen LogP contribution is 2.29. The van der Waals surface area contributed by atoms with Crippen LogP contribution in [0.2, 0.25) is 0 Å². The Balaban J connectivity index is 2.42. The molecular formula is C15H18BrN. The molecule has 0 unspecified atom stereocenters. The Labute approximate surface area is 111 Å². The lowest BCUT2D eigenvalue weighted by molar-refractivity contribution is 0.422. The van der Waals surface area contributed by atoms with Crippen LogP contribution in [0, 0.1) is 5.41 Å². The molecule has 0 spiro atoms. The van der Waals surface area contributed by atoms with Crippen LogP contribution in [0.1, 0.15) is 27.2 Å². The van der Waals surface area contributed by atoms with Gasteiger partial charge in [-0.3, -0.25) is 0 Å². The lowest BCUT2D eigenvalue weighted by atomic mass is 9.91. The fourth-order valence-corrected chi connectivity index (χ4v) is 2.42. The molecule has 0 aliphatic rings. The van der Waals surface area contributed by atoms with Crippen LogP contribution in [0.3, 0.4) is 0 Å². The summed E-state index contributed by atoms with van der Waals surface area (Å²) in [6, 6.07) is 8.47. The molecule has 1 aromatic heterocycles. The van der Waals surface area contributed by atoms with Crippen LogP contribution in [-0.2, 0) is 0 Å². The molecule has 0 aliphatic heterocycles. The van der Waals surface area contributed by atoms with Gasteiger partial charge in [-0.15, -0.1) is 0 Å². The molecule has 17 heavy (non-hydrogen) atoms. The molecule has 0 saturated heterocycles. The number of hydrogen-bond acceptors (Lipinski definition) is 0. The molecule has 1 nitrogen and oxygen atoms in total. The van der Waals surface area contributed by atoms with Crippen LogP contribution < -0.4 is 0 Å². The Kier molecular flexibility index (Phi) is 3.17. The van der Waals surface area contributed by atoms with Crippen LogP contribution in [0.5, 0.6) is 0 Å². The van der Waals surface area contributed by atoms with Gasteiger partial charge in [-0.05, 0) is 30.0 Å². The predicted octanol–water partition coefficient (Wildman–Crippen LogP) is 5.31. The molecule has 2 aromatic rings. The van der Waals surface area contributed by atoms with Crippen molar-refractivity contribution in [1.29, 1.82) is 0 Å². The minimum absolute atomic E-state index is 0.264. The van der Waals surface area contributed by atoms with E-state index in [9.17, 15) is 0 Å². The van der Waals surface area contributed by atoms with Crippen molar-refractivity contribution in [2.45, 2.75) is 27.2 Å². The quantitative estimate of drug-likeness (QED) is 0.706. The number of nitrogens with zero attached hydrogens (tertiary/aromatic N) is 1. The Hall–Kier alpha value is -1.02. The van der Waals surface area contributed by atoms with Crippen LogP contribution in [0.25, 0.3) is 16.6 Å². The average Bonchev–Trinajstić information content (AvgIpc) is 2.57. The van der Waals surface area contributed by atoms with E-state index in [1.807, 2.05) is 0 Å². The first-order valence-electron chi connectivity index (χ1n) is 5.82. The second kappa shape index (κ2) is 4.34. The van der Waals surface area contributed by atoms with Gasteiger partial charge in [0.1, 0.15) is 0 Å². The minimum Gasteiger partial charge on any atom is -0.321 e. The number of allylic oxidation sites excluding steroid dienone is 1. The Morgan fingerprint density at radius 1 is 1.29 bits per heavy atom. The van der Waals surface area contributed by atoms with E-state index in [4.69, 9.17) is 0 Å². The van der Waals surface area contributed by atoms with Crippen molar-refractivity contribution in [2.24, 2.45) is 5.41 Å². The summed E-state index contributed by atoms with van der Waals surface area (Å²) in [5.41, 5.74) is 2.62. The lowest BCUT2D eigenvalue weighted by Gasteiger charge is -2.20. The topological polar surface area (TPSA) is 4.93 Å². The molecule has 0 atom stereocenters. The average molecular weight is 292 g/mol. The Bertz CT molecular complexity index is 558. The first kappa shape index (κ1) is 12.4. The van der Waals surface area contributed by atoms with Crippen molar-refractivity contribution in [1.82, 2.24) is 4.57 Å². The van der Waals surface area contributed by atoms with Crippen LogP contribution in [-0.4, -0.2) is 4.57 Å². The molecule has 90 valence electrons. The number of aromatic nitrogens is 1. The maximum absolute atomic E-state index is 4.21. The maximum Gasteiger partial charge on any atom is 0.0536 e. The van der Waals surface area contributed by atoms with E-state index >= 15 is 0 Å². The van der Waals surface area contributed by atoms with Gasteiger partial charge in [0.15, 0.2) is 0 Å². The molecule has 0 radical (unpaired) electrons. The molecule has 0 bridgehead atoms. The third-order valence-corrected chi connectivity index (χ3v) is 3.22. The molecule has 0 N–H and O–H groups in total. The number of hydrogen-bond donors (Lipinski definition) is 0. The summed E-state index contributed by atoms with van der Waals surface area (Å²) in [6.07, 6.45) is 3.09. The van der Waals surface area contributed by atoms with Crippen molar-refractivity contribution in [3.05, 3.63) is 41.5 Å². The van der Waals surface area contributed by atoms with Crippen molar-refractivity contribution in [2.75, 3.05) is 0 Å². The molecule has 0 amide bonds. The molecule has 0 aliphatic carbocycles. The zero-order valence-corrected chi connectivity index (χ0v) is 12.2. The van der Waals surface area contributed by atoms with Gasteiger partial charge in [0.05, 0.1) is 5.52 Å². The zero-order chi connectivity index (χ0) is 12.6. The summed E-state index contributed by atoms with van der Waals surface area (Å²) in [7, 11) is 0. The fraction of sp³-hybridized carbons (Fsp3) is 0.333. The summed E-state index contributed by atoms with van der Waals surface area (Å²) in [5, 5.41) is 1.25. The molecule has 2 rings (SSSR count). The summed E-state index contributed by atoms with van der Waals surface area (Å²) < 4.78 is 3.29. The third-order valence-electron chi connectivity index (χ3n) is 2.73. The van der Waals surface area contributed by atoms with E-state index in [1.54, 1.807) is 0 Å². The Morgan fingerprint density at radius 2 is 2.00 bits per heavy atom. The first-order valence-corrected chi connectivity index (χ1v) is 6.61. The van der Waals surface area contributed by atoms with E-state index in [-0.39, 0.29) is 5.41 Å². The number of rotatable bonds is 2. The second-order valence-corrected chi connectivity index (χ2v) is 6.61. The van der Waals surface area contributed by atoms with Gasteiger partial charge in [0, 0.05) is 21.8 Å². The third kappa shape index (κ3) is 2.81. The highest BCUT2D eigenvalue weighted by Gasteiger charge is 2.14. The minimum atomic E-state index is 0.264. The standard InChI is InChI=1S/C15H18BrN/c1-11(10-15(2,3)4)17-8-7-12-5-6-13(16)9-14(12)17/h5-9H,1,10H2,2-4H3. The van der Waals surface area contributed by atoms with Crippen LogP contribution >= 0.6 is 15.9 Å². The van der Waals surface area contributed by atoms with E-state index in [2.05, 4.69) is 78.3 Å². The van der Waals surface area contributed by atoms with Crippen LogP contribution in [0.15, 0.2) is 41.5 Å². The summed E-state index contributed by atoms with van der Waals surface area (Å²) in [6.45, 7) is 10.9. The summed E-state index contributed by atoms with van der Waals surface area (Å²) >= 11 is 3.52. The number of halogens is 1. The van der Waals surface area contributed by atoms with E-state index < -0.39 is 0 Å². The van der Waals surface area contributed by atoms with E-state index in [0.29, 0.717) is 0 Å². The molecular weight excluding hydrogens is 274 g/mol. The molecule has 1 heterocycles. The van der Waals surface area contributed by atoms with E-state index in [0.717, 1.165) is 16.6 Å². The fourth-order valence-electron chi connectivity index (χ4n) is 2.07. The van der Waals surface area contributed by atoms with Gasteiger partial charge in [-0.25, -0.2) is 0 Å². The summed E-state index contributed by atoms with van der Waals surface area (Å²) in [5.74, 6) is 0. The maximum atomic E-state index is 4.21.